The number of alkyl halides is 1. The molecule has 0 unspecified atom stereocenters. The quantitative estimate of drug-likeness (QED) is 0.478. The number of ether oxygens (including phenoxy) is 1. The lowest BCUT2D eigenvalue weighted by molar-refractivity contribution is 0.302. The molecule has 0 saturated carbocycles. The molecule has 0 aliphatic carbocycles. The first-order chi connectivity index (χ1) is 9.10. The molecule has 2 aromatic carbocycles. The second-order valence-corrected chi connectivity index (χ2v) is 6.83. The topological polar surface area (TPSA) is 9.23 Å². The van der Waals surface area contributed by atoms with E-state index in [9.17, 15) is 0 Å². The number of benzene rings is 2. The van der Waals surface area contributed by atoms with E-state index < -0.39 is 0 Å². The van der Waals surface area contributed by atoms with E-state index in [-0.39, 0.29) is 0 Å². The summed E-state index contributed by atoms with van der Waals surface area (Å²) in [6, 6.07) is 12.0. The summed E-state index contributed by atoms with van der Waals surface area (Å²) in [5.74, 6) is 1.27. The summed E-state index contributed by atoms with van der Waals surface area (Å²) in [6.45, 7) is 0.519. The molecule has 100 valence electrons. The molecule has 0 saturated heterocycles. The molecule has 0 fully saturated rings. The number of rotatable bonds is 4. The van der Waals surface area contributed by atoms with Crippen molar-refractivity contribution in [2.75, 3.05) is 0 Å². The maximum Gasteiger partial charge on any atom is 0.148 e. The van der Waals surface area contributed by atoms with Crippen LogP contribution >= 0.6 is 59.4 Å². The summed E-state index contributed by atoms with van der Waals surface area (Å²) in [7, 11) is 0. The Bertz CT molecular complexity index is 546. The van der Waals surface area contributed by atoms with Crippen molar-refractivity contribution >= 4 is 59.4 Å². The van der Waals surface area contributed by atoms with E-state index in [1.54, 1.807) is 0 Å². The lowest BCUT2D eigenvalue weighted by Crippen LogP contribution is -1.97. The Hall–Kier alpha value is -0.0300. The van der Waals surface area contributed by atoms with Gasteiger partial charge < -0.3 is 4.74 Å². The van der Waals surface area contributed by atoms with Crippen LogP contribution in [0.1, 0.15) is 11.1 Å². The van der Waals surface area contributed by atoms with Crippen LogP contribution in [0.4, 0.5) is 0 Å². The smallest absolute Gasteiger partial charge is 0.148 e. The largest absolute Gasteiger partial charge is 0.487 e. The molecule has 2 rings (SSSR count). The van der Waals surface area contributed by atoms with Crippen molar-refractivity contribution < 1.29 is 4.74 Å². The van der Waals surface area contributed by atoms with Gasteiger partial charge in [0, 0.05) is 10.4 Å². The first-order valence-corrected chi connectivity index (χ1v) is 8.42. The van der Waals surface area contributed by atoms with Gasteiger partial charge in [0.2, 0.25) is 0 Å². The van der Waals surface area contributed by atoms with E-state index in [0.717, 1.165) is 30.3 Å². The molecule has 0 atom stereocenters. The minimum Gasteiger partial charge on any atom is -0.487 e. The standard InChI is InChI=1S/C14H10Br3ClO/c15-11-3-1-9(2-4-11)8-19-14-12(16)5-10(7-18)6-13(14)17/h1-6H,7-8H2. The highest BCUT2D eigenvalue weighted by Gasteiger charge is 2.09. The minimum absolute atomic E-state index is 0.476. The summed E-state index contributed by atoms with van der Waals surface area (Å²) in [5, 5.41) is 0. The molecule has 19 heavy (non-hydrogen) atoms. The first-order valence-electron chi connectivity index (χ1n) is 5.51. The second kappa shape index (κ2) is 7.11. The average Bonchev–Trinajstić information content (AvgIpc) is 2.39. The van der Waals surface area contributed by atoms with Gasteiger partial charge >= 0.3 is 0 Å². The molecule has 0 aliphatic heterocycles. The fourth-order valence-electron chi connectivity index (χ4n) is 1.56. The van der Waals surface area contributed by atoms with Gasteiger partial charge in [-0.05, 0) is 67.3 Å². The Labute approximate surface area is 142 Å². The Morgan fingerprint density at radius 2 is 1.47 bits per heavy atom. The van der Waals surface area contributed by atoms with Gasteiger partial charge in [0.15, 0.2) is 0 Å². The zero-order chi connectivity index (χ0) is 13.8. The van der Waals surface area contributed by atoms with Crippen molar-refractivity contribution in [1.82, 2.24) is 0 Å². The molecule has 0 aliphatic rings. The molecule has 0 radical (unpaired) electrons. The normalized spacial score (nSPS) is 10.5. The lowest BCUT2D eigenvalue weighted by Gasteiger charge is -2.11. The van der Waals surface area contributed by atoms with Crippen molar-refractivity contribution in [2.45, 2.75) is 12.5 Å². The van der Waals surface area contributed by atoms with Crippen LogP contribution in [0.3, 0.4) is 0 Å². The van der Waals surface area contributed by atoms with Gasteiger partial charge in [-0.1, -0.05) is 28.1 Å². The van der Waals surface area contributed by atoms with Crippen LogP contribution in [-0.2, 0) is 12.5 Å². The van der Waals surface area contributed by atoms with Crippen molar-refractivity contribution in [3.8, 4) is 5.75 Å². The summed E-state index contributed by atoms with van der Waals surface area (Å²) >= 11 is 16.2. The lowest BCUT2D eigenvalue weighted by atomic mass is 10.2. The van der Waals surface area contributed by atoms with E-state index in [1.165, 1.54) is 0 Å². The molecule has 0 N–H and O–H groups in total. The minimum atomic E-state index is 0.476. The highest BCUT2D eigenvalue weighted by atomic mass is 79.9. The van der Waals surface area contributed by atoms with Gasteiger partial charge in [0.1, 0.15) is 12.4 Å². The van der Waals surface area contributed by atoms with Gasteiger partial charge in [-0.2, -0.15) is 0 Å². The van der Waals surface area contributed by atoms with Crippen molar-refractivity contribution in [2.24, 2.45) is 0 Å². The number of halogens is 4. The van der Waals surface area contributed by atoms with Crippen LogP contribution in [0.5, 0.6) is 5.75 Å². The molecule has 1 nitrogen and oxygen atoms in total. The molecule has 0 aromatic heterocycles. The predicted octanol–water partition coefficient (Wildman–Crippen LogP) is 6.29. The third-order valence-corrected chi connectivity index (χ3v) is 4.52. The zero-order valence-electron chi connectivity index (χ0n) is 9.80. The van der Waals surface area contributed by atoms with Gasteiger partial charge in [0.25, 0.3) is 0 Å². The monoisotopic (exact) mass is 466 g/mol. The summed E-state index contributed by atoms with van der Waals surface area (Å²) in [6.07, 6.45) is 0. The molecule has 2 aromatic rings. The van der Waals surface area contributed by atoms with E-state index in [2.05, 4.69) is 47.8 Å². The Balaban J connectivity index is 2.13. The maximum atomic E-state index is 5.84. The molecular formula is C14H10Br3ClO. The predicted molar refractivity (Wildman–Crippen MR) is 89.9 cm³/mol. The summed E-state index contributed by atoms with van der Waals surface area (Å²) in [5.41, 5.74) is 2.15. The summed E-state index contributed by atoms with van der Waals surface area (Å²) in [4.78, 5) is 0. The first kappa shape index (κ1) is 15.4. The fourth-order valence-corrected chi connectivity index (χ4v) is 3.49. The average molecular weight is 469 g/mol. The maximum absolute atomic E-state index is 5.84. The molecule has 0 spiro atoms. The third-order valence-electron chi connectivity index (χ3n) is 2.51. The van der Waals surface area contributed by atoms with Crippen LogP contribution in [0.25, 0.3) is 0 Å². The Morgan fingerprint density at radius 1 is 0.895 bits per heavy atom. The summed E-state index contributed by atoms with van der Waals surface area (Å²) < 4.78 is 8.70. The van der Waals surface area contributed by atoms with Gasteiger partial charge in [-0.3, -0.25) is 0 Å². The van der Waals surface area contributed by atoms with Crippen LogP contribution in [-0.4, -0.2) is 0 Å². The Kier molecular flexibility index (Phi) is 5.75. The molecule has 0 amide bonds. The van der Waals surface area contributed by atoms with Crippen molar-refractivity contribution in [1.29, 1.82) is 0 Å². The Morgan fingerprint density at radius 3 is 2.00 bits per heavy atom. The highest BCUT2D eigenvalue weighted by Crippen LogP contribution is 2.35. The van der Waals surface area contributed by atoms with Gasteiger partial charge in [-0.15, -0.1) is 11.6 Å². The molecule has 0 bridgehead atoms. The molecule has 0 heterocycles. The number of hydrogen-bond acceptors (Lipinski definition) is 1. The third kappa shape index (κ3) is 4.22. The van der Waals surface area contributed by atoms with Crippen LogP contribution < -0.4 is 4.74 Å². The van der Waals surface area contributed by atoms with Gasteiger partial charge in [0.05, 0.1) is 8.95 Å². The van der Waals surface area contributed by atoms with Crippen molar-refractivity contribution in [3.05, 3.63) is 60.9 Å². The SMILES string of the molecule is ClCc1cc(Br)c(OCc2ccc(Br)cc2)c(Br)c1. The zero-order valence-corrected chi connectivity index (χ0v) is 15.3. The number of hydrogen-bond donors (Lipinski definition) is 0. The van der Waals surface area contributed by atoms with Crippen LogP contribution in [0.15, 0.2) is 49.8 Å². The van der Waals surface area contributed by atoms with E-state index >= 15 is 0 Å². The van der Waals surface area contributed by atoms with Gasteiger partial charge in [-0.25, -0.2) is 0 Å². The van der Waals surface area contributed by atoms with Crippen LogP contribution in [0, 0.1) is 0 Å². The van der Waals surface area contributed by atoms with Crippen LogP contribution in [0.2, 0.25) is 0 Å². The van der Waals surface area contributed by atoms with E-state index in [1.807, 2.05) is 36.4 Å². The molecule has 5 heteroatoms. The van der Waals surface area contributed by atoms with Crippen molar-refractivity contribution in [3.63, 3.8) is 0 Å². The fraction of sp³-hybridized carbons (Fsp3) is 0.143. The van der Waals surface area contributed by atoms with E-state index in [4.69, 9.17) is 16.3 Å². The second-order valence-electron chi connectivity index (χ2n) is 3.94. The highest BCUT2D eigenvalue weighted by molar-refractivity contribution is 9.11. The molecular weight excluding hydrogens is 459 g/mol. The van der Waals surface area contributed by atoms with E-state index in [0.29, 0.717) is 12.5 Å².